The fourth-order valence-electron chi connectivity index (χ4n) is 5.54. The first kappa shape index (κ1) is 25.9. The number of fused-ring (bicyclic) bond motifs is 4. The van der Waals surface area contributed by atoms with Crippen LogP contribution in [0.3, 0.4) is 0 Å². The van der Waals surface area contributed by atoms with E-state index in [1.54, 1.807) is 14.2 Å². The largest absolute Gasteiger partial charge is 0.497 e. The molecule has 0 aliphatic carbocycles. The molecule has 4 aromatic carbocycles. The molecule has 0 saturated carbocycles. The summed E-state index contributed by atoms with van der Waals surface area (Å²) in [5.41, 5.74) is 6.39. The summed E-state index contributed by atoms with van der Waals surface area (Å²) in [6, 6.07) is 31.5. The lowest BCUT2D eigenvalue weighted by Crippen LogP contribution is -2.46. The van der Waals surface area contributed by atoms with Gasteiger partial charge in [0.2, 0.25) is 0 Å². The third kappa shape index (κ3) is 4.28. The Hall–Kier alpha value is -5.08. The first-order valence-corrected chi connectivity index (χ1v) is 13.9. The van der Waals surface area contributed by atoms with Crippen LogP contribution in [0.25, 0.3) is 5.69 Å². The zero-order valence-electron chi connectivity index (χ0n) is 23.2. The molecule has 5 aromatic rings. The zero-order chi connectivity index (χ0) is 28.8. The summed E-state index contributed by atoms with van der Waals surface area (Å²) in [7, 11) is 3.26. The van der Waals surface area contributed by atoms with Gasteiger partial charge in [-0.25, -0.2) is 14.7 Å². The second-order valence-corrected chi connectivity index (χ2v) is 10.4. The molecule has 42 heavy (non-hydrogen) atoms. The minimum Gasteiger partial charge on any atom is -0.497 e. The van der Waals surface area contributed by atoms with Gasteiger partial charge < -0.3 is 19.7 Å². The molecule has 9 heteroatoms. The van der Waals surface area contributed by atoms with Crippen LogP contribution < -0.4 is 19.7 Å². The number of aromatic nitrogens is 2. The average Bonchev–Trinajstić information content (AvgIpc) is 3.37. The van der Waals surface area contributed by atoms with E-state index in [1.807, 2.05) is 90.5 Å². The van der Waals surface area contributed by atoms with Gasteiger partial charge in [-0.05, 0) is 61.0 Å². The average molecular weight is 575 g/mol. The third-order valence-corrected chi connectivity index (χ3v) is 7.74. The Balaban J connectivity index is 1.48. The molecule has 0 unspecified atom stereocenters. The smallest absolute Gasteiger partial charge is 0.179 e. The molecule has 0 radical (unpaired) electrons. The SMILES string of the molecule is COc1ccc(NC2=Nc3ccccc3N3C2=Nc2c(c(C)nn2-c2ccccc2)[C@@H]3c2ccc(Cl)cc2)c(OC)c1. The maximum absolute atomic E-state index is 6.34. The summed E-state index contributed by atoms with van der Waals surface area (Å²) < 4.78 is 13.0. The summed E-state index contributed by atoms with van der Waals surface area (Å²) in [5, 5.41) is 9.18. The molecule has 0 amide bonds. The summed E-state index contributed by atoms with van der Waals surface area (Å²) >= 11 is 6.34. The molecular formula is C33H27ClN6O2. The topological polar surface area (TPSA) is 76.3 Å². The number of benzene rings is 4. The number of ether oxygens (including phenoxy) is 2. The molecule has 2 aliphatic rings. The first-order valence-electron chi connectivity index (χ1n) is 13.5. The molecular weight excluding hydrogens is 548 g/mol. The molecule has 1 atom stereocenters. The van der Waals surface area contributed by atoms with E-state index in [-0.39, 0.29) is 6.04 Å². The minimum absolute atomic E-state index is 0.242. The van der Waals surface area contributed by atoms with Crippen LogP contribution in [-0.2, 0) is 0 Å². The Morgan fingerprint density at radius 1 is 0.833 bits per heavy atom. The summed E-state index contributed by atoms with van der Waals surface area (Å²) in [5.74, 6) is 3.32. The van der Waals surface area contributed by atoms with Gasteiger partial charge in [0.15, 0.2) is 17.5 Å². The number of nitrogens with one attached hydrogen (secondary N) is 1. The van der Waals surface area contributed by atoms with Crippen molar-refractivity contribution in [3.63, 3.8) is 0 Å². The van der Waals surface area contributed by atoms with Crippen LogP contribution >= 0.6 is 11.6 Å². The Morgan fingerprint density at radius 3 is 2.36 bits per heavy atom. The predicted octanol–water partition coefficient (Wildman–Crippen LogP) is 7.65. The minimum atomic E-state index is -0.242. The normalized spacial score (nSPS) is 15.1. The first-order chi connectivity index (χ1) is 20.6. The Labute approximate surface area is 248 Å². The molecule has 208 valence electrons. The van der Waals surface area contributed by atoms with Crippen LogP contribution in [0, 0.1) is 6.92 Å². The summed E-state index contributed by atoms with van der Waals surface area (Å²) in [6.45, 7) is 2.03. The van der Waals surface area contributed by atoms with Crippen LogP contribution in [0.4, 0.5) is 22.9 Å². The number of aryl methyl sites for hydroxylation is 1. The highest BCUT2D eigenvalue weighted by Crippen LogP contribution is 2.48. The lowest BCUT2D eigenvalue weighted by Gasteiger charge is -2.40. The number of anilines is 2. The lowest BCUT2D eigenvalue weighted by molar-refractivity contribution is 0.395. The molecule has 0 spiro atoms. The lowest BCUT2D eigenvalue weighted by atomic mass is 9.93. The number of para-hydroxylation sites is 3. The van der Waals surface area contributed by atoms with Gasteiger partial charge in [-0.3, -0.25) is 0 Å². The monoisotopic (exact) mass is 574 g/mol. The fourth-order valence-corrected chi connectivity index (χ4v) is 5.66. The van der Waals surface area contributed by atoms with Crippen molar-refractivity contribution in [2.24, 2.45) is 9.98 Å². The van der Waals surface area contributed by atoms with Crippen molar-refractivity contribution in [3.8, 4) is 17.2 Å². The van der Waals surface area contributed by atoms with Gasteiger partial charge in [0.1, 0.15) is 11.5 Å². The van der Waals surface area contributed by atoms with Crippen LogP contribution in [-0.4, -0.2) is 35.7 Å². The molecule has 0 fully saturated rings. The van der Waals surface area contributed by atoms with E-state index in [0.717, 1.165) is 45.4 Å². The quantitative estimate of drug-likeness (QED) is 0.233. The zero-order valence-corrected chi connectivity index (χ0v) is 24.0. The second-order valence-electron chi connectivity index (χ2n) is 9.97. The van der Waals surface area contributed by atoms with Gasteiger partial charge in [0.25, 0.3) is 0 Å². The van der Waals surface area contributed by atoms with Crippen molar-refractivity contribution >= 4 is 46.2 Å². The van der Waals surface area contributed by atoms with E-state index in [0.29, 0.717) is 28.2 Å². The maximum atomic E-state index is 6.34. The van der Waals surface area contributed by atoms with Crippen molar-refractivity contribution < 1.29 is 9.47 Å². The number of amidine groups is 2. The van der Waals surface area contributed by atoms with E-state index in [9.17, 15) is 0 Å². The summed E-state index contributed by atoms with van der Waals surface area (Å²) in [6.07, 6.45) is 0. The number of hydrogen-bond acceptors (Lipinski definition) is 7. The number of rotatable bonds is 5. The standard InChI is InChI=1S/C33H27ClN6O2/c1-20-29-30(21-13-15-22(34)16-14-21)39-27-12-8-7-11-25(27)35-31(36-26-18-17-24(41-2)19-28(26)42-3)33(39)37-32(29)40(38-20)23-9-5-4-6-10-23/h4-19,30H,1-3H3,(H,35,36)/t30-/m0/s1. The number of methoxy groups -OCH3 is 2. The predicted molar refractivity (Wildman–Crippen MR) is 168 cm³/mol. The van der Waals surface area contributed by atoms with E-state index in [1.165, 1.54) is 0 Å². The second kappa shape index (κ2) is 10.4. The molecule has 2 aliphatic heterocycles. The Kier molecular flexibility index (Phi) is 6.40. The number of aliphatic imine (C=N–C) groups is 2. The van der Waals surface area contributed by atoms with Crippen molar-refractivity contribution in [3.05, 3.63) is 119 Å². The highest BCUT2D eigenvalue weighted by Gasteiger charge is 2.41. The Bertz CT molecular complexity index is 1860. The molecule has 0 saturated heterocycles. The maximum Gasteiger partial charge on any atom is 0.179 e. The molecule has 0 bridgehead atoms. The molecule has 8 nitrogen and oxygen atoms in total. The number of hydrogen-bond donors (Lipinski definition) is 1. The molecule has 1 aromatic heterocycles. The third-order valence-electron chi connectivity index (χ3n) is 7.49. The Morgan fingerprint density at radius 2 is 1.60 bits per heavy atom. The van der Waals surface area contributed by atoms with Crippen molar-refractivity contribution in [2.75, 3.05) is 24.4 Å². The van der Waals surface area contributed by atoms with E-state index in [2.05, 4.69) is 28.4 Å². The highest BCUT2D eigenvalue weighted by atomic mass is 35.5. The van der Waals surface area contributed by atoms with Gasteiger partial charge in [-0.2, -0.15) is 5.10 Å². The summed E-state index contributed by atoms with van der Waals surface area (Å²) in [4.78, 5) is 12.6. The van der Waals surface area contributed by atoms with E-state index in [4.69, 9.17) is 36.2 Å². The van der Waals surface area contributed by atoms with Crippen LogP contribution in [0.1, 0.15) is 22.9 Å². The molecule has 7 rings (SSSR count). The molecule has 3 heterocycles. The van der Waals surface area contributed by atoms with Crippen molar-refractivity contribution in [1.82, 2.24) is 9.78 Å². The van der Waals surface area contributed by atoms with Crippen molar-refractivity contribution in [2.45, 2.75) is 13.0 Å². The van der Waals surface area contributed by atoms with E-state index < -0.39 is 0 Å². The van der Waals surface area contributed by atoms with Gasteiger partial charge in [-0.1, -0.05) is 54.1 Å². The van der Waals surface area contributed by atoms with Crippen molar-refractivity contribution in [1.29, 1.82) is 0 Å². The fraction of sp³-hybridized carbons (Fsp3) is 0.121. The number of halogens is 1. The highest BCUT2D eigenvalue weighted by molar-refractivity contribution is 6.51. The van der Waals surface area contributed by atoms with Crippen LogP contribution in [0.2, 0.25) is 5.02 Å². The number of nitrogens with zero attached hydrogens (tertiary/aromatic N) is 5. The van der Waals surface area contributed by atoms with Gasteiger partial charge in [0, 0.05) is 16.7 Å². The van der Waals surface area contributed by atoms with E-state index >= 15 is 0 Å². The van der Waals surface area contributed by atoms with Crippen LogP contribution in [0.5, 0.6) is 11.5 Å². The van der Waals surface area contributed by atoms with Crippen LogP contribution in [0.15, 0.2) is 107 Å². The van der Waals surface area contributed by atoms with Gasteiger partial charge in [-0.15, -0.1) is 0 Å². The van der Waals surface area contributed by atoms with Gasteiger partial charge in [0.05, 0.1) is 48.7 Å². The molecule has 1 N–H and O–H groups in total. The van der Waals surface area contributed by atoms with Gasteiger partial charge >= 0.3 is 0 Å².